The molecule has 0 aliphatic carbocycles. The van der Waals surface area contributed by atoms with Gasteiger partial charge in [0.1, 0.15) is 0 Å². The first-order chi connectivity index (χ1) is 16.7. The Kier molecular flexibility index (Phi) is 13.8. The van der Waals surface area contributed by atoms with E-state index >= 15 is 0 Å². The van der Waals surface area contributed by atoms with E-state index in [1.165, 1.54) is 63.5 Å². The minimum atomic E-state index is -0.963. The number of halogens is 2. The molecule has 0 heterocycles. The van der Waals surface area contributed by atoms with Gasteiger partial charge < -0.3 is 4.74 Å². The summed E-state index contributed by atoms with van der Waals surface area (Å²) in [7, 11) is 0. The molecule has 184 valence electrons. The number of hydrogen-bond donors (Lipinski definition) is 0. The van der Waals surface area contributed by atoms with Gasteiger partial charge in [0.15, 0.2) is 11.6 Å². The van der Waals surface area contributed by atoms with Crippen LogP contribution in [0, 0.1) is 23.5 Å². The van der Waals surface area contributed by atoms with Gasteiger partial charge in [0.05, 0.1) is 12.2 Å². The van der Waals surface area contributed by atoms with Crippen LogP contribution in [0.1, 0.15) is 108 Å². The molecule has 2 aromatic carbocycles. The monoisotopic (exact) mass is 466 g/mol. The Balaban J connectivity index is 1.81. The van der Waals surface area contributed by atoms with E-state index in [-0.39, 0.29) is 11.3 Å². The SMILES string of the molecule is CCCCCC=Cc1ccc(C#Cc2ccc(OCCCCCCCCCC)c(F)c2F)cc1. The minimum Gasteiger partial charge on any atom is -0.490 e. The van der Waals surface area contributed by atoms with Gasteiger partial charge in [-0.1, -0.05) is 108 Å². The van der Waals surface area contributed by atoms with E-state index < -0.39 is 11.6 Å². The molecule has 0 N–H and O–H groups in total. The molecule has 0 atom stereocenters. The lowest BCUT2D eigenvalue weighted by Gasteiger charge is -2.08. The number of ether oxygens (including phenoxy) is 1. The second-order valence-corrected chi connectivity index (χ2v) is 8.83. The van der Waals surface area contributed by atoms with Crippen molar-refractivity contribution in [3.05, 3.63) is 70.8 Å². The number of allylic oxidation sites excluding steroid dienone is 1. The molecule has 0 saturated heterocycles. The van der Waals surface area contributed by atoms with E-state index in [4.69, 9.17) is 4.74 Å². The van der Waals surface area contributed by atoms with Crippen molar-refractivity contribution in [3.8, 4) is 17.6 Å². The van der Waals surface area contributed by atoms with Crippen LogP contribution in [0.15, 0.2) is 42.5 Å². The first-order valence-electron chi connectivity index (χ1n) is 13.0. The van der Waals surface area contributed by atoms with E-state index in [2.05, 4.69) is 37.8 Å². The van der Waals surface area contributed by atoms with Crippen LogP contribution in [0.5, 0.6) is 5.75 Å². The van der Waals surface area contributed by atoms with Gasteiger partial charge in [0.2, 0.25) is 5.82 Å². The lowest BCUT2D eigenvalue weighted by atomic mass is 10.1. The molecular weight excluding hydrogens is 426 g/mol. The molecule has 0 fully saturated rings. The van der Waals surface area contributed by atoms with Gasteiger partial charge in [-0.05, 0) is 49.1 Å². The zero-order valence-electron chi connectivity index (χ0n) is 21.0. The van der Waals surface area contributed by atoms with Crippen molar-refractivity contribution >= 4 is 6.08 Å². The zero-order valence-corrected chi connectivity index (χ0v) is 21.0. The number of rotatable bonds is 15. The molecule has 0 radical (unpaired) electrons. The molecule has 1 nitrogen and oxygen atoms in total. The Morgan fingerprint density at radius 1 is 0.706 bits per heavy atom. The van der Waals surface area contributed by atoms with Gasteiger partial charge in [0, 0.05) is 5.56 Å². The van der Waals surface area contributed by atoms with Crippen LogP contribution < -0.4 is 4.74 Å². The molecule has 3 heteroatoms. The van der Waals surface area contributed by atoms with E-state index in [9.17, 15) is 8.78 Å². The molecule has 0 unspecified atom stereocenters. The molecule has 0 aliphatic heterocycles. The molecule has 0 amide bonds. The maximum absolute atomic E-state index is 14.5. The number of benzene rings is 2. The van der Waals surface area contributed by atoms with Crippen molar-refractivity contribution in [3.63, 3.8) is 0 Å². The third-order valence-corrected chi connectivity index (χ3v) is 5.84. The molecule has 2 aromatic rings. The average molecular weight is 467 g/mol. The van der Waals surface area contributed by atoms with Crippen LogP contribution in [0.2, 0.25) is 0 Å². The molecule has 2 rings (SSSR count). The summed E-state index contributed by atoms with van der Waals surface area (Å²) in [6.07, 6.45) is 18.5. The summed E-state index contributed by atoms with van der Waals surface area (Å²) in [6, 6.07) is 10.7. The largest absolute Gasteiger partial charge is 0.490 e. The van der Waals surface area contributed by atoms with Crippen molar-refractivity contribution in [2.45, 2.75) is 90.9 Å². The Morgan fingerprint density at radius 3 is 2.06 bits per heavy atom. The van der Waals surface area contributed by atoms with E-state index in [1.807, 2.05) is 24.3 Å². The second-order valence-electron chi connectivity index (χ2n) is 8.83. The van der Waals surface area contributed by atoms with Gasteiger partial charge in [0.25, 0.3) is 0 Å². The van der Waals surface area contributed by atoms with Crippen molar-refractivity contribution in [2.75, 3.05) is 6.61 Å². The quantitative estimate of drug-likeness (QED) is 0.188. The zero-order chi connectivity index (χ0) is 24.4. The second kappa shape index (κ2) is 16.9. The van der Waals surface area contributed by atoms with E-state index in [1.54, 1.807) is 0 Å². The summed E-state index contributed by atoms with van der Waals surface area (Å²) in [5, 5.41) is 0. The molecule has 0 saturated carbocycles. The molecule has 0 aromatic heterocycles. The third-order valence-electron chi connectivity index (χ3n) is 5.84. The van der Waals surface area contributed by atoms with Gasteiger partial charge in [-0.2, -0.15) is 4.39 Å². The van der Waals surface area contributed by atoms with Crippen LogP contribution in [-0.4, -0.2) is 6.61 Å². The number of hydrogen-bond acceptors (Lipinski definition) is 1. The Bertz CT molecular complexity index is 919. The lowest BCUT2D eigenvalue weighted by molar-refractivity contribution is 0.284. The topological polar surface area (TPSA) is 9.23 Å². The highest BCUT2D eigenvalue weighted by molar-refractivity contribution is 5.52. The molecule has 0 spiro atoms. The van der Waals surface area contributed by atoms with Crippen LogP contribution in [-0.2, 0) is 0 Å². The van der Waals surface area contributed by atoms with Crippen LogP contribution >= 0.6 is 0 Å². The highest BCUT2D eigenvalue weighted by Gasteiger charge is 2.13. The van der Waals surface area contributed by atoms with Crippen molar-refractivity contribution < 1.29 is 13.5 Å². The average Bonchev–Trinajstić information content (AvgIpc) is 2.85. The summed E-state index contributed by atoms with van der Waals surface area (Å²) in [5.41, 5.74) is 1.91. The molecular formula is C31H40F2O. The highest BCUT2D eigenvalue weighted by atomic mass is 19.2. The predicted octanol–water partition coefficient (Wildman–Crippen LogP) is 9.48. The van der Waals surface area contributed by atoms with Crippen molar-refractivity contribution in [1.29, 1.82) is 0 Å². The maximum Gasteiger partial charge on any atom is 0.201 e. The van der Waals surface area contributed by atoms with Crippen molar-refractivity contribution in [2.24, 2.45) is 0 Å². The van der Waals surface area contributed by atoms with Crippen molar-refractivity contribution in [1.82, 2.24) is 0 Å². The van der Waals surface area contributed by atoms with E-state index in [0.717, 1.165) is 36.8 Å². The number of unbranched alkanes of at least 4 members (excludes halogenated alkanes) is 10. The maximum atomic E-state index is 14.5. The summed E-state index contributed by atoms with van der Waals surface area (Å²) in [4.78, 5) is 0. The Hall–Kier alpha value is -2.60. The lowest BCUT2D eigenvalue weighted by Crippen LogP contribution is -2.02. The summed E-state index contributed by atoms with van der Waals surface area (Å²) >= 11 is 0. The van der Waals surface area contributed by atoms with Crippen LogP contribution in [0.3, 0.4) is 0 Å². The Labute approximate surface area is 205 Å². The first-order valence-corrected chi connectivity index (χ1v) is 13.0. The predicted molar refractivity (Wildman–Crippen MR) is 140 cm³/mol. The summed E-state index contributed by atoms with van der Waals surface area (Å²) in [6.45, 7) is 4.81. The minimum absolute atomic E-state index is 0.0387. The van der Waals surface area contributed by atoms with E-state index in [0.29, 0.717) is 6.61 Å². The fraction of sp³-hybridized carbons (Fsp3) is 0.484. The van der Waals surface area contributed by atoms with Crippen LogP contribution in [0.25, 0.3) is 6.08 Å². The highest BCUT2D eigenvalue weighted by Crippen LogP contribution is 2.23. The van der Waals surface area contributed by atoms with Gasteiger partial charge >= 0.3 is 0 Å². The fourth-order valence-corrected chi connectivity index (χ4v) is 3.71. The summed E-state index contributed by atoms with van der Waals surface area (Å²) < 4.78 is 34.4. The normalized spacial score (nSPS) is 10.9. The smallest absolute Gasteiger partial charge is 0.201 e. The standard InChI is InChI=1S/C31H40F2O/c1-3-5-7-9-10-11-13-15-25-34-29-24-23-28(30(32)31(29)33)22-21-27-19-17-26(18-20-27)16-14-12-8-6-4-2/h14,16-20,23-24H,3-13,15,25H2,1-2H3. The molecule has 0 aliphatic rings. The molecule has 34 heavy (non-hydrogen) atoms. The first kappa shape index (κ1) is 27.6. The van der Waals surface area contributed by atoms with Crippen LogP contribution in [0.4, 0.5) is 8.78 Å². The van der Waals surface area contributed by atoms with Gasteiger partial charge in [-0.25, -0.2) is 4.39 Å². The third kappa shape index (κ3) is 10.6. The summed E-state index contributed by atoms with van der Waals surface area (Å²) in [5.74, 6) is 3.72. The Morgan fingerprint density at radius 2 is 1.35 bits per heavy atom. The van der Waals surface area contributed by atoms with Gasteiger partial charge in [-0.15, -0.1) is 0 Å². The van der Waals surface area contributed by atoms with Gasteiger partial charge in [-0.3, -0.25) is 0 Å². The fourth-order valence-electron chi connectivity index (χ4n) is 3.71. The molecule has 0 bridgehead atoms.